The molecule has 0 saturated carbocycles. The molecule has 2 saturated heterocycles. The van der Waals surface area contributed by atoms with Crippen LogP contribution in [0, 0.1) is 19.3 Å². The molecule has 2 aliphatic heterocycles. The molecule has 1 N–H and O–H groups in total. The third-order valence-electron chi connectivity index (χ3n) is 9.29. The van der Waals surface area contributed by atoms with Crippen molar-refractivity contribution < 1.29 is 23.3 Å². The summed E-state index contributed by atoms with van der Waals surface area (Å²) in [5, 5.41) is 4.07. The number of rotatable bonds is 6. The molecule has 0 radical (unpaired) electrons. The van der Waals surface area contributed by atoms with Crippen LogP contribution in [0.1, 0.15) is 95.3 Å². The summed E-state index contributed by atoms with van der Waals surface area (Å²) in [5.41, 5.74) is 3.74. The number of nitrogens with one attached hydrogen (secondary N) is 1. The van der Waals surface area contributed by atoms with Crippen molar-refractivity contribution in [2.24, 2.45) is 5.41 Å². The van der Waals surface area contributed by atoms with Crippen LogP contribution in [0.15, 0.2) is 39.5 Å². The first-order valence-electron chi connectivity index (χ1n) is 15.8. The molecule has 0 aliphatic carbocycles. The van der Waals surface area contributed by atoms with Gasteiger partial charge >= 0.3 is 13.1 Å². The van der Waals surface area contributed by atoms with Crippen LogP contribution in [-0.4, -0.2) is 44.5 Å². The number of nitrogens with zero attached hydrogens (tertiary/aromatic N) is 1. The number of hydrogen-bond donors (Lipinski definition) is 1. The van der Waals surface area contributed by atoms with Crippen LogP contribution in [0.4, 0.5) is 11.6 Å². The molecule has 238 valence electrons. The zero-order valence-electron chi connectivity index (χ0n) is 28.4. The maximum atomic E-state index is 13.6. The lowest BCUT2D eigenvalue weighted by molar-refractivity contribution is 0.00578. The zero-order chi connectivity index (χ0) is 32.6. The summed E-state index contributed by atoms with van der Waals surface area (Å²) < 4.78 is 24.4. The molecular weight excluding hydrogens is 555 g/mol. The molecule has 0 bridgehead atoms. The molecule has 0 atom stereocenters. The second kappa shape index (κ2) is 12.6. The number of benzene rings is 2. The molecule has 3 aromatic rings. The average molecular weight is 605 g/mol. The number of piperidine rings is 1. The highest BCUT2D eigenvalue weighted by Crippen LogP contribution is 2.38. The minimum absolute atomic E-state index is 0.00775. The fourth-order valence-electron chi connectivity index (χ4n) is 5.77. The Hall–Kier alpha value is -3.30. The highest BCUT2D eigenvalue weighted by molar-refractivity contribution is 6.65. The first-order chi connectivity index (χ1) is 20.6. The van der Waals surface area contributed by atoms with E-state index in [1.165, 1.54) is 7.11 Å². The second-order valence-electron chi connectivity index (χ2n) is 13.5. The van der Waals surface area contributed by atoms with Crippen molar-refractivity contribution in [3.63, 3.8) is 0 Å². The van der Waals surface area contributed by atoms with Crippen LogP contribution in [0.5, 0.6) is 0 Å². The van der Waals surface area contributed by atoms with Gasteiger partial charge in [-0.2, -0.15) is 0 Å². The van der Waals surface area contributed by atoms with Gasteiger partial charge in [-0.25, -0.2) is 4.79 Å². The zero-order valence-corrected chi connectivity index (χ0v) is 28.4. The van der Waals surface area contributed by atoms with Crippen molar-refractivity contribution in [1.29, 1.82) is 0 Å². The second-order valence-corrected chi connectivity index (χ2v) is 13.5. The summed E-state index contributed by atoms with van der Waals surface area (Å²) in [6, 6.07) is 9.35. The third kappa shape index (κ3) is 6.40. The fourth-order valence-corrected chi connectivity index (χ4v) is 5.77. The molecule has 0 unspecified atom stereocenters. The summed E-state index contributed by atoms with van der Waals surface area (Å²) in [5.74, 6) is 0.180. The Bertz CT molecular complexity index is 1570. The van der Waals surface area contributed by atoms with Crippen LogP contribution >= 0.6 is 0 Å². The molecule has 0 spiro atoms. The minimum atomic E-state index is -0.780. The molecule has 9 heteroatoms. The lowest BCUT2D eigenvalue weighted by atomic mass is 9.74. The van der Waals surface area contributed by atoms with E-state index in [1.54, 1.807) is 12.1 Å². The van der Waals surface area contributed by atoms with Crippen LogP contribution in [-0.2, 0) is 20.6 Å². The van der Waals surface area contributed by atoms with Gasteiger partial charge in [-0.1, -0.05) is 39.8 Å². The lowest BCUT2D eigenvalue weighted by Crippen LogP contribution is -2.41. The first-order valence-corrected chi connectivity index (χ1v) is 15.8. The summed E-state index contributed by atoms with van der Waals surface area (Å²) in [4.78, 5) is 28.7. The van der Waals surface area contributed by atoms with E-state index < -0.39 is 24.3 Å². The van der Waals surface area contributed by atoms with Crippen molar-refractivity contribution in [3.8, 4) is 0 Å². The summed E-state index contributed by atoms with van der Waals surface area (Å²) in [6.45, 7) is 22.4. The molecule has 0 amide bonds. The normalized spacial score (nSPS) is 18.5. The van der Waals surface area contributed by atoms with Crippen LogP contribution in [0.2, 0.25) is 0 Å². The number of anilines is 2. The average Bonchev–Trinajstić information content (AvgIpc) is 3.20. The molecule has 3 heterocycles. The van der Waals surface area contributed by atoms with Gasteiger partial charge in [0.15, 0.2) is 5.43 Å². The van der Waals surface area contributed by atoms with E-state index in [2.05, 4.69) is 24.1 Å². The Morgan fingerprint density at radius 3 is 2.20 bits per heavy atom. The Balaban J connectivity index is 0.00000216. The molecule has 44 heavy (non-hydrogen) atoms. The summed E-state index contributed by atoms with van der Waals surface area (Å²) >= 11 is 0. The topological polar surface area (TPSA) is 90.2 Å². The largest absolute Gasteiger partial charge is 0.497 e. The third-order valence-corrected chi connectivity index (χ3v) is 9.29. The number of carbonyl (C=O) groups excluding carboxylic acids is 1. The van der Waals surface area contributed by atoms with Crippen molar-refractivity contribution in [2.45, 2.75) is 99.8 Å². The van der Waals surface area contributed by atoms with Crippen LogP contribution in [0.25, 0.3) is 11.0 Å². The van der Waals surface area contributed by atoms with E-state index in [1.807, 2.05) is 73.6 Å². The van der Waals surface area contributed by atoms with Crippen molar-refractivity contribution >= 4 is 41.1 Å². The van der Waals surface area contributed by atoms with Gasteiger partial charge in [-0.15, -0.1) is 0 Å². The van der Waals surface area contributed by atoms with E-state index in [-0.39, 0.29) is 10.8 Å². The van der Waals surface area contributed by atoms with Crippen LogP contribution < -0.4 is 21.1 Å². The maximum absolute atomic E-state index is 13.6. The van der Waals surface area contributed by atoms with Crippen molar-refractivity contribution in [1.82, 2.24) is 0 Å². The molecule has 2 aromatic carbocycles. The predicted octanol–water partition coefficient (Wildman–Crippen LogP) is 6.76. The predicted molar refractivity (Wildman–Crippen MR) is 179 cm³/mol. The van der Waals surface area contributed by atoms with Gasteiger partial charge in [0.1, 0.15) is 5.58 Å². The number of ether oxygens (including phenoxy) is 1. The fraction of sp³-hybridized carbons (Fsp3) is 0.543. The Morgan fingerprint density at radius 2 is 1.61 bits per heavy atom. The van der Waals surface area contributed by atoms with Crippen LogP contribution in [0.3, 0.4) is 0 Å². The van der Waals surface area contributed by atoms with Gasteiger partial charge in [0.25, 0.3) is 0 Å². The van der Waals surface area contributed by atoms with Gasteiger partial charge in [-0.05, 0) is 83.6 Å². The van der Waals surface area contributed by atoms with Gasteiger partial charge < -0.3 is 28.7 Å². The van der Waals surface area contributed by atoms with Gasteiger partial charge in [0.05, 0.1) is 34.8 Å². The maximum Gasteiger partial charge on any atom is 0.497 e. The number of hydrogen-bond acceptors (Lipinski definition) is 8. The highest BCUT2D eigenvalue weighted by atomic mass is 16.7. The summed E-state index contributed by atoms with van der Waals surface area (Å²) in [7, 11) is 0.581. The first kappa shape index (κ1) is 33.6. The van der Waals surface area contributed by atoms with E-state index in [0.717, 1.165) is 37.1 Å². The lowest BCUT2D eigenvalue weighted by Gasteiger charge is -2.37. The molecule has 8 nitrogen and oxygen atoms in total. The van der Waals surface area contributed by atoms with E-state index in [4.69, 9.17) is 18.5 Å². The highest BCUT2D eigenvalue weighted by Gasteiger charge is 2.53. The molecule has 2 aliphatic rings. The molecule has 1 aromatic heterocycles. The monoisotopic (exact) mass is 604 g/mol. The summed E-state index contributed by atoms with van der Waals surface area (Å²) in [6.07, 6.45) is 2.07. The number of methoxy groups -OCH3 is 1. The molecular formula is C35H49BN2O6. The minimum Gasteiger partial charge on any atom is -0.465 e. The smallest absolute Gasteiger partial charge is 0.465 e. The van der Waals surface area contributed by atoms with E-state index in [9.17, 15) is 9.59 Å². The van der Waals surface area contributed by atoms with Gasteiger partial charge in [0, 0.05) is 36.3 Å². The number of aryl methyl sites for hydroxylation is 1. The number of fused-ring (bicyclic) bond motifs is 1. The van der Waals surface area contributed by atoms with E-state index in [0.29, 0.717) is 45.7 Å². The van der Waals surface area contributed by atoms with Crippen molar-refractivity contribution in [3.05, 3.63) is 62.8 Å². The Morgan fingerprint density at radius 1 is 1.00 bits per heavy atom. The van der Waals surface area contributed by atoms with E-state index >= 15 is 0 Å². The van der Waals surface area contributed by atoms with Crippen molar-refractivity contribution in [2.75, 3.05) is 30.4 Å². The number of esters is 1. The van der Waals surface area contributed by atoms with Gasteiger partial charge in [-0.3, -0.25) is 4.79 Å². The Kier molecular flexibility index (Phi) is 9.62. The Labute approximate surface area is 262 Å². The molecule has 5 rings (SSSR count). The van der Waals surface area contributed by atoms with Gasteiger partial charge in [0.2, 0.25) is 5.88 Å². The quantitative estimate of drug-likeness (QED) is 0.244. The number of carbonyl (C=O) groups is 1. The molecule has 2 fully saturated rings. The SMILES string of the molecule is CC.COC(=O)c1cccc(NCc2cc(C)cc3c(=O)c(C)c(N4CCC(C)(C)CC4)oc23)c1B1OC(C)(C)C(C)(C)O1. The standard InChI is InChI=1S/C33H43BN2O6.C2H6/c1-20-17-22(28-24(18-20)27(37)21(2)29(40-28)36-15-13-31(3,4)14-16-36)19-35-25-12-10-11-23(30(38)39-9)26(25)34-41-32(5,6)33(7,8)42-34;1-2/h10-12,17-18,35H,13-16,19H2,1-9H3;1-2H3.